The Bertz CT molecular complexity index is 836. The first-order valence-corrected chi connectivity index (χ1v) is 7.64. The molecule has 0 N–H and O–H groups in total. The highest BCUT2D eigenvalue weighted by Gasteiger charge is 2.16. The number of hydrogen-bond donors (Lipinski definition) is 0. The largest absolute Gasteiger partial charge is 0.466 e. The van der Waals surface area contributed by atoms with E-state index in [4.69, 9.17) is 13.6 Å². The highest BCUT2D eigenvalue weighted by atomic mass is 79.9. The molecule has 2 heterocycles. The Labute approximate surface area is 140 Å². The van der Waals surface area contributed by atoms with Gasteiger partial charge in [0.05, 0.1) is 11.1 Å². The van der Waals surface area contributed by atoms with Gasteiger partial charge in [0.2, 0.25) is 0 Å². The lowest BCUT2D eigenvalue weighted by Crippen LogP contribution is -2.05. The van der Waals surface area contributed by atoms with E-state index in [9.17, 15) is 4.79 Å². The lowest BCUT2D eigenvalue weighted by molar-refractivity contribution is 0.0438. The zero-order chi connectivity index (χ0) is 16.4. The number of rotatable bonds is 4. The highest BCUT2D eigenvalue weighted by Crippen LogP contribution is 2.25. The quantitative estimate of drug-likeness (QED) is 0.638. The maximum absolute atomic E-state index is 11.9. The van der Waals surface area contributed by atoms with E-state index < -0.39 is 5.97 Å². The summed E-state index contributed by atoms with van der Waals surface area (Å²) in [7, 11) is 0. The van der Waals surface area contributed by atoms with Gasteiger partial charge < -0.3 is 13.6 Å². The number of carbonyl (C=O) groups excluding carboxylic acids is 1. The molecule has 0 unspecified atom stereocenters. The summed E-state index contributed by atoms with van der Waals surface area (Å²) in [5.74, 6) is 1.58. The molecule has 1 aromatic carbocycles. The van der Waals surface area contributed by atoms with E-state index in [2.05, 4.69) is 26.1 Å². The van der Waals surface area contributed by atoms with Crippen molar-refractivity contribution in [3.05, 3.63) is 57.8 Å². The van der Waals surface area contributed by atoms with Crippen molar-refractivity contribution in [1.29, 1.82) is 0 Å². The van der Waals surface area contributed by atoms with Crippen LogP contribution in [0.25, 0.3) is 11.5 Å². The van der Waals surface area contributed by atoms with Crippen molar-refractivity contribution in [2.45, 2.75) is 20.5 Å². The van der Waals surface area contributed by atoms with Crippen LogP contribution in [0, 0.1) is 13.8 Å². The summed E-state index contributed by atoms with van der Waals surface area (Å²) in [6.07, 6.45) is 0. The maximum Gasteiger partial charge on any atom is 0.338 e. The maximum atomic E-state index is 11.9. The first-order valence-electron chi connectivity index (χ1n) is 6.85. The highest BCUT2D eigenvalue weighted by molar-refractivity contribution is 9.10. The number of ether oxygens (including phenoxy) is 1. The second-order valence-corrected chi connectivity index (χ2v) is 5.83. The van der Waals surface area contributed by atoms with E-state index in [0.717, 1.165) is 15.8 Å². The molecule has 0 aliphatic carbocycles. The average molecular weight is 377 g/mol. The van der Waals surface area contributed by atoms with Gasteiger partial charge >= 0.3 is 5.97 Å². The van der Waals surface area contributed by atoms with Crippen molar-refractivity contribution in [3.63, 3.8) is 0 Å². The van der Waals surface area contributed by atoms with Crippen LogP contribution in [0.3, 0.4) is 0 Å². The third kappa shape index (κ3) is 3.50. The summed E-state index contributed by atoms with van der Waals surface area (Å²) >= 11 is 3.31. The van der Waals surface area contributed by atoms with Gasteiger partial charge in [0.15, 0.2) is 6.61 Å². The van der Waals surface area contributed by atoms with E-state index in [1.807, 2.05) is 19.9 Å². The molecule has 0 saturated carbocycles. The molecule has 0 aliphatic rings. The lowest BCUT2D eigenvalue weighted by atomic mass is 10.2. The standard InChI is InChI=1S/C16H13BrN2O4/c1-9-7-13(10(2)22-9)15-19-18-14(23-15)8-21-16(20)11-3-5-12(17)6-4-11/h3-7H,8H2,1-2H3. The number of halogens is 1. The number of aryl methyl sites for hydroxylation is 2. The van der Waals surface area contributed by atoms with Crippen molar-refractivity contribution < 1.29 is 18.4 Å². The van der Waals surface area contributed by atoms with Gasteiger partial charge in [0.1, 0.15) is 11.5 Å². The molecular formula is C16H13BrN2O4. The number of furan rings is 1. The van der Waals surface area contributed by atoms with Crippen LogP contribution in [-0.2, 0) is 11.3 Å². The Kier molecular flexibility index (Phi) is 4.29. The van der Waals surface area contributed by atoms with Crippen LogP contribution in [0.4, 0.5) is 0 Å². The smallest absolute Gasteiger partial charge is 0.338 e. The van der Waals surface area contributed by atoms with Gasteiger partial charge in [-0.25, -0.2) is 4.79 Å². The van der Waals surface area contributed by atoms with E-state index >= 15 is 0 Å². The molecule has 3 aromatic rings. The van der Waals surface area contributed by atoms with E-state index in [0.29, 0.717) is 17.2 Å². The predicted molar refractivity (Wildman–Crippen MR) is 84.7 cm³/mol. The third-order valence-corrected chi connectivity index (χ3v) is 3.67. The molecule has 3 rings (SSSR count). The third-order valence-electron chi connectivity index (χ3n) is 3.14. The van der Waals surface area contributed by atoms with Crippen molar-refractivity contribution >= 4 is 21.9 Å². The Hall–Kier alpha value is -2.41. The fraction of sp³-hybridized carbons (Fsp3) is 0.188. The number of nitrogens with zero attached hydrogens (tertiary/aromatic N) is 2. The first kappa shape index (κ1) is 15.5. The predicted octanol–water partition coefficient (Wildman–Crippen LogP) is 4.07. The van der Waals surface area contributed by atoms with Crippen molar-refractivity contribution in [1.82, 2.24) is 10.2 Å². The van der Waals surface area contributed by atoms with Crippen LogP contribution in [0.2, 0.25) is 0 Å². The summed E-state index contributed by atoms with van der Waals surface area (Å²) < 4.78 is 17.0. The molecule has 0 radical (unpaired) electrons. The van der Waals surface area contributed by atoms with Crippen LogP contribution < -0.4 is 0 Å². The number of aromatic nitrogens is 2. The molecule has 0 aliphatic heterocycles. The second-order valence-electron chi connectivity index (χ2n) is 4.91. The van der Waals surface area contributed by atoms with Gasteiger partial charge in [0.25, 0.3) is 11.8 Å². The normalized spacial score (nSPS) is 10.7. The molecular weight excluding hydrogens is 364 g/mol. The Morgan fingerprint density at radius 2 is 1.91 bits per heavy atom. The molecule has 0 saturated heterocycles. The molecule has 0 amide bonds. The van der Waals surface area contributed by atoms with Gasteiger partial charge in [0, 0.05) is 4.47 Å². The van der Waals surface area contributed by atoms with Crippen molar-refractivity contribution in [2.75, 3.05) is 0 Å². The molecule has 0 fully saturated rings. The Morgan fingerprint density at radius 1 is 1.17 bits per heavy atom. The SMILES string of the molecule is Cc1cc(-c2nnc(COC(=O)c3ccc(Br)cc3)o2)c(C)o1. The van der Waals surface area contributed by atoms with Crippen LogP contribution in [-0.4, -0.2) is 16.2 Å². The summed E-state index contributed by atoms with van der Waals surface area (Å²) in [5.41, 5.74) is 1.19. The zero-order valence-electron chi connectivity index (χ0n) is 12.5. The minimum absolute atomic E-state index is 0.0855. The van der Waals surface area contributed by atoms with E-state index in [1.54, 1.807) is 24.3 Å². The topological polar surface area (TPSA) is 78.4 Å². The van der Waals surface area contributed by atoms with Crippen LogP contribution in [0.1, 0.15) is 27.8 Å². The zero-order valence-corrected chi connectivity index (χ0v) is 14.1. The van der Waals surface area contributed by atoms with E-state index in [-0.39, 0.29) is 12.5 Å². The molecule has 118 valence electrons. The lowest BCUT2D eigenvalue weighted by Gasteiger charge is -2.01. The molecule has 2 aromatic heterocycles. The average Bonchev–Trinajstić information content (AvgIpc) is 3.11. The van der Waals surface area contributed by atoms with Crippen molar-refractivity contribution in [2.24, 2.45) is 0 Å². The van der Waals surface area contributed by atoms with Gasteiger partial charge in [-0.1, -0.05) is 15.9 Å². The number of esters is 1. The van der Waals surface area contributed by atoms with Gasteiger partial charge in [-0.3, -0.25) is 0 Å². The molecule has 0 atom stereocenters. The number of benzene rings is 1. The van der Waals surface area contributed by atoms with Gasteiger partial charge in [-0.15, -0.1) is 10.2 Å². The van der Waals surface area contributed by atoms with Gasteiger partial charge in [-0.2, -0.15) is 0 Å². The first-order chi connectivity index (χ1) is 11.0. The number of carbonyl (C=O) groups is 1. The molecule has 0 bridgehead atoms. The summed E-state index contributed by atoms with van der Waals surface area (Å²) in [6, 6.07) is 8.70. The number of hydrogen-bond acceptors (Lipinski definition) is 6. The van der Waals surface area contributed by atoms with Crippen molar-refractivity contribution in [3.8, 4) is 11.5 Å². The fourth-order valence-corrected chi connectivity index (χ4v) is 2.32. The summed E-state index contributed by atoms with van der Waals surface area (Å²) in [5, 5.41) is 7.83. The molecule has 7 heteroatoms. The Balaban J connectivity index is 1.66. The summed E-state index contributed by atoms with van der Waals surface area (Å²) in [6.45, 7) is 3.57. The molecule has 6 nitrogen and oxygen atoms in total. The monoisotopic (exact) mass is 376 g/mol. The Morgan fingerprint density at radius 3 is 2.57 bits per heavy atom. The fourth-order valence-electron chi connectivity index (χ4n) is 2.06. The minimum atomic E-state index is -0.451. The van der Waals surface area contributed by atoms with Crippen LogP contribution >= 0.6 is 15.9 Å². The second kappa shape index (κ2) is 6.37. The van der Waals surface area contributed by atoms with Crippen LogP contribution in [0.15, 0.2) is 43.6 Å². The van der Waals surface area contributed by atoms with Gasteiger partial charge in [-0.05, 0) is 44.2 Å². The minimum Gasteiger partial charge on any atom is -0.466 e. The summed E-state index contributed by atoms with van der Waals surface area (Å²) in [4.78, 5) is 11.9. The van der Waals surface area contributed by atoms with Crippen LogP contribution in [0.5, 0.6) is 0 Å². The van der Waals surface area contributed by atoms with E-state index in [1.165, 1.54) is 0 Å². The molecule has 23 heavy (non-hydrogen) atoms. The molecule has 0 spiro atoms.